The third-order valence-electron chi connectivity index (χ3n) is 6.31. The number of anilines is 2. The summed E-state index contributed by atoms with van der Waals surface area (Å²) in [4.78, 5) is 30.3. The van der Waals surface area contributed by atoms with E-state index >= 15 is 0 Å². The number of aliphatic hydroxyl groups excluding tert-OH is 1. The number of ketones is 1. The van der Waals surface area contributed by atoms with Gasteiger partial charge in [-0.15, -0.1) is 0 Å². The van der Waals surface area contributed by atoms with E-state index in [4.69, 9.17) is 27.9 Å². The van der Waals surface area contributed by atoms with Crippen LogP contribution >= 0.6 is 23.2 Å². The summed E-state index contributed by atoms with van der Waals surface area (Å²) in [6.45, 7) is 5.84. The van der Waals surface area contributed by atoms with E-state index in [0.29, 0.717) is 22.0 Å². The van der Waals surface area contributed by atoms with Crippen LogP contribution in [0.3, 0.4) is 0 Å². The molecule has 8 heteroatoms. The second-order valence-electron chi connectivity index (χ2n) is 8.26. The first-order valence-electron chi connectivity index (χ1n) is 11.6. The first-order chi connectivity index (χ1) is 17.3. The lowest BCUT2D eigenvalue weighted by Gasteiger charge is -2.27. The number of halogens is 2. The highest BCUT2D eigenvalue weighted by molar-refractivity contribution is 6.51. The van der Waals surface area contributed by atoms with Gasteiger partial charge in [-0.3, -0.25) is 14.5 Å². The number of hydrogen-bond donors (Lipinski definition) is 1. The molecule has 1 unspecified atom stereocenters. The van der Waals surface area contributed by atoms with Gasteiger partial charge in [0.15, 0.2) is 0 Å². The Morgan fingerprint density at radius 1 is 0.972 bits per heavy atom. The van der Waals surface area contributed by atoms with E-state index in [2.05, 4.69) is 18.7 Å². The number of amides is 1. The van der Waals surface area contributed by atoms with Crippen molar-refractivity contribution in [1.82, 2.24) is 0 Å². The number of carbonyl (C=O) groups excluding carboxylic acids is 2. The zero-order valence-corrected chi connectivity index (χ0v) is 21.7. The van der Waals surface area contributed by atoms with E-state index in [9.17, 15) is 14.7 Å². The van der Waals surface area contributed by atoms with Crippen molar-refractivity contribution in [2.75, 3.05) is 30.0 Å². The van der Waals surface area contributed by atoms with Gasteiger partial charge in [0.25, 0.3) is 11.7 Å². The maximum absolute atomic E-state index is 13.4. The average Bonchev–Trinajstić information content (AvgIpc) is 3.16. The van der Waals surface area contributed by atoms with Gasteiger partial charge in [0.1, 0.15) is 11.5 Å². The van der Waals surface area contributed by atoms with Crippen LogP contribution in [0.15, 0.2) is 72.3 Å². The number of aliphatic hydroxyl groups is 1. The Bertz CT molecular complexity index is 1330. The molecule has 0 bridgehead atoms. The van der Waals surface area contributed by atoms with Crippen LogP contribution in [0.2, 0.25) is 10.0 Å². The van der Waals surface area contributed by atoms with Crippen molar-refractivity contribution < 1.29 is 19.4 Å². The quantitative estimate of drug-likeness (QED) is 0.217. The van der Waals surface area contributed by atoms with Crippen molar-refractivity contribution in [3.8, 4) is 5.75 Å². The number of Topliss-reactive ketones (excluding diaryl/α,β-unsaturated/α-hetero) is 1. The fraction of sp³-hybridized carbons (Fsp3) is 0.214. The van der Waals surface area contributed by atoms with E-state index in [0.717, 1.165) is 18.8 Å². The van der Waals surface area contributed by atoms with Crippen molar-refractivity contribution in [1.29, 1.82) is 0 Å². The van der Waals surface area contributed by atoms with Gasteiger partial charge in [0.05, 0.1) is 28.8 Å². The summed E-state index contributed by atoms with van der Waals surface area (Å²) in [5, 5.41) is 11.8. The molecule has 36 heavy (non-hydrogen) atoms. The normalized spacial score (nSPS) is 16.9. The number of nitrogens with zero attached hydrogens (tertiary/aromatic N) is 2. The molecule has 1 N–H and O–H groups in total. The molecule has 186 valence electrons. The number of hydrogen-bond acceptors (Lipinski definition) is 5. The number of ether oxygens (including phenoxy) is 1. The van der Waals surface area contributed by atoms with E-state index < -0.39 is 17.7 Å². The fourth-order valence-corrected chi connectivity index (χ4v) is 4.73. The molecule has 0 spiro atoms. The molecule has 0 aliphatic carbocycles. The molecule has 0 saturated carbocycles. The van der Waals surface area contributed by atoms with Crippen LogP contribution in [0.4, 0.5) is 11.4 Å². The molecule has 1 aliphatic rings. The van der Waals surface area contributed by atoms with Crippen LogP contribution in [0.25, 0.3) is 5.76 Å². The molecule has 6 nitrogen and oxygen atoms in total. The Hall–Kier alpha value is -3.48. The molecule has 1 saturated heterocycles. The molecule has 0 radical (unpaired) electrons. The van der Waals surface area contributed by atoms with E-state index in [1.807, 2.05) is 24.3 Å². The Morgan fingerprint density at radius 3 is 2.28 bits per heavy atom. The summed E-state index contributed by atoms with van der Waals surface area (Å²) < 4.78 is 5.34. The molecule has 1 fully saturated rings. The monoisotopic (exact) mass is 524 g/mol. The van der Waals surface area contributed by atoms with Crippen LogP contribution in [0.1, 0.15) is 31.0 Å². The summed E-state index contributed by atoms with van der Waals surface area (Å²) in [5.74, 6) is -1.33. The van der Waals surface area contributed by atoms with Gasteiger partial charge < -0.3 is 14.7 Å². The molecule has 1 heterocycles. The maximum atomic E-state index is 13.4. The number of methoxy groups -OCH3 is 1. The van der Waals surface area contributed by atoms with Gasteiger partial charge in [-0.05, 0) is 61.9 Å². The predicted octanol–water partition coefficient (Wildman–Crippen LogP) is 6.47. The van der Waals surface area contributed by atoms with Gasteiger partial charge in [-0.1, -0.05) is 41.4 Å². The summed E-state index contributed by atoms with van der Waals surface area (Å²) in [6, 6.07) is 18.3. The minimum atomic E-state index is -0.864. The van der Waals surface area contributed by atoms with Crippen LogP contribution in [-0.2, 0) is 9.59 Å². The third kappa shape index (κ3) is 4.66. The number of rotatable bonds is 7. The highest BCUT2D eigenvalue weighted by Crippen LogP contribution is 2.43. The van der Waals surface area contributed by atoms with Gasteiger partial charge in [0.2, 0.25) is 0 Å². The van der Waals surface area contributed by atoms with Crippen molar-refractivity contribution in [2.24, 2.45) is 0 Å². The molecule has 1 aliphatic heterocycles. The van der Waals surface area contributed by atoms with Gasteiger partial charge in [0, 0.05) is 36.1 Å². The topological polar surface area (TPSA) is 70.1 Å². The highest BCUT2D eigenvalue weighted by atomic mass is 35.5. The highest BCUT2D eigenvalue weighted by Gasteiger charge is 2.47. The zero-order chi connectivity index (χ0) is 26.0. The molecule has 3 aromatic rings. The SMILES string of the molecule is CCN(CC)c1ccc(C2/C(=C(\O)c3ccc(Cl)c(Cl)c3)C(=O)C(=O)N2c2cccc(OC)c2)cc1. The zero-order valence-electron chi connectivity index (χ0n) is 20.2. The summed E-state index contributed by atoms with van der Waals surface area (Å²) >= 11 is 12.2. The van der Waals surface area contributed by atoms with Crippen molar-refractivity contribution in [3.05, 3.63) is 93.5 Å². The van der Waals surface area contributed by atoms with Crippen LogP contribution < -0.4 is 14.5 Å². The van der Waals surface area contributed by atoms with E-state index in [-0.39, 0.29) is 21.9 Å². The van der Waals surface area contributed by atoms with Crippen LogP contribution in [0.5, 0.6) is 5.75 Å². The van der Waals surface area contributed by atoms with E-state index in [1.165, 1.54) is 24.1 Å². The molecule has 1 amide bonds. The lowest BCUT2D eigenvalue weighted by atomic mass is 9.95. The third-order valence-corrected chi connectivity index (χ3v) is 7.05. The largest absolute Gasteiger partial charge is 0.507 e. The molecular weight excluding hydrogens is 499 g/mol. The molecule has 1 atom stereocenters. The smallest absolute Gasteiger partial charge is 0.300 e. The molecule has 4 rings (SSSR count). The molecule has 3 aromatic carbocycles. The summed E-state index contributed by atoms with van der Waals surface area (Å²) in [7, 11) is 1.53. The Labute approximate surface area is 220 Å². The van der Waals surface area contributed by atoms with Gasteiger partial charge in [-0.2, -0.15) is 0 Å². The first-order valence-corrected chi connectivity index (χ1v) is 12.3. The predicted molar refractivity (Wildman–Crippen MR) is 144 cm³/mol. The van der Waals surface area contributed by atoms with Crippen molar-refractivity contribution >= 4 is 52.0 Å². The maximum Gasteiger partial charge on any atom is 0.300 e. The van der Waals surface area contributed by atoms with E-state index in [1.54, 1.807) is 30.3 Å². The fourth-order valence-electron chi connectivity index (χ4n) is 4.43. The second-order valence-corrected chi connectivity index (χ2v) is 9.08. The molecule has 0 aromatic heterocycles. The minimum Gasteiger partial charge on any atom is -0.507 e. The average molecular weight is 525 g/mol. The lowest BCUT2D eigenvalue weighted by Crippen LogP contribution is -2.29. The first kappa shape index (κ1) is 25.6. The van der Waals surface area contributed by atoms with Gasteiger partial charge in [-0.25, -0.2) is 0 Å². The van der Waals surface area contributed by atoms with Crippen LogP contribution in [0, 0.1) is 0 Å². The van der Waals surface area contributed by atoms with Gasteiger partial charge >= 0.3 is 0 Å². The minimum absolute atomic E-state index is 0.0307. The van der Waals surface area contributed by atoms with Crippen molar-refractivity contribution in [3.63, 3.8) is 0 Å². The Kier molecular flexibility index (Phi) is 7.57. The molecular formula is C28H26Cl2N2O4. The number of carbonyl (C=O) groups is 2. The van der Waals surface area contributed by atoms with Crippen molar-refractivity contribution in [2.45, 2.75) is 19.9 Å². The lowest BCUT2D eigenvalue weighted by molar-refractivity contribution is -0.132. The Balaban J connectivity index is 1.91. The second kappa shape index (κ2) is 10.6. The Morgan fingerprint density at radius 2 is 1.67 bits per heavy atom. The summed E-state index contributed by atoms with van der Waals surface area (Å²) in [6.07, 6.45) is 0. The number of benzene rings is 3. The standard InChI is InChI=1S/C28H26Cl2N2O4/c1-4-31(5-2)19-12-9-17(10-13-19)25-24(26(33)18-11-14-22(29)23(30)15-18)27(34)28(35)32(25)20-7-6-8-21(16-20)36-3/h6-16,25,33H,4-5H2,1-3H3/b26-24+. The van der Waals surface area contributed by atoms with Crippen LogP contribution in [-0.4, -0.2) is 37.0 Å². The summed E-state index contributed by atoms with van der Waals surface area (Å²) in [5.41, 5.74) is 2.43.